The Balaban J connectivity index is 2.61. The average Bonchev–Trinajstić information content (AvgIpc) is 2.47. The standard InChI is InChI=1S/C19H33NO/c1-6-13-20-15-17(11-12-19(3,4)21-5)14-18-10-8-7-9-16(18)2/h7-10,17,20H,6,11-15H2,1-5H3. The van der Waals surface area contributed by atoms with E-state index in [9.17, 15) is 0 Å². The minimum Gasteiger partial charge on any atom is -0.379 e. The van der Waals surface area contributed by atoms with E-state index < -0.39 is 0 Å². The maximum Gasteiger partial charge on any atom is 0.0622 e. The summed E-state index contributed by atoms with van der Waals surface area (Å²) in [6, 6.07) is 8.75. The number of methoxy groups -OCH3 is 1. The van der Waals surface area contributed by atoms with Gasteiger partial charge in [-0.1, -0.05) is 31.2 Å². The average molecular weight is 291 g/mol. The van der Waals surface area contributed by atoms with Crippen molar-refractivity contribution >= 4 is 0 Å². The van der Waals surface area contributed by atoms with Gasteiger partial charge in [0.1, 0.15) is 0 Å². The molecule has 0 aliphatic carbocycles. The van der Waals surface area contributed by atoms with E-state index in [0.29, 0.717) is 5.92 Å². The SMILES string of the molecule is CCCNCC(CCC(C)(C)OC)Cc1ccccc1C. The first-order valence-corrected chi connectivity index (χ1v) is 8.29. The zero-order valence-electron chi connectivity index (χ0n) is 14.5. The molecule has 2 heteroatoms. The van der Waals surface area contributed by atoms with Crippen LogP contribution >= 0.6 is 0 Å². The summed E-state index contributed by atoms with van der Waals surface area (Å²) >= 11 is 0. The first kappa shape index (κ1) is 18.2. The van der Waals surface area contributed by atoms with Gasteiger partial charge in [-0.3, -0.25) is 0 Å². The highest BCUT2D eigenvalue weighted by Gasteiger charge is 2.19. The van der Waals surface area contributed by atoms with Crippen molar-refractivity contribution in [1.29, 1.82) is 0 Å². The van der Waals surface area contributed by atoms with E-state index in [4.69, 9.17) is 4.74 Å². The van der Waals surface area contributed by atoms with Gasteiger partial charge in [0, 0.05) is 7.11 Å². The summed E-state index contributed by atoms with van der Waals surface area (Å²) in [5.74, 6) is 0.673. The van der Waals surface area contributed by atoms with Crippen molar-refractivity contribution in [3.8, 4) is 0 Å². The zero-order chi connectivity index (χ0) is 15.7. The monoisotopic (exact) mass is 291 g/mol. The molecule has 1 aromatic carbocycles. The molecule has 0 heterocycles. The topological polar surface area (TPSA) is 21.3 Å². The van der Waals surface area contributed by atoms with E-state index in [2.05, 4.69) is 57.3 Å². The third-order valence-corrected chi connectivity index (χ3v) is 4.34. The van der Waals surface area contributed by atoms with Gasteiger partial charge < -0.3 is 10.1 Å². The van der Waals surface area contributed by atoms with Crippen molar-refractivity contribution in [2.45, 2.75) is 59.0 Å². The summed E-state index contributed by atoms with van der Waals surface area (Å²) in [6.45, 7) is 11.0. The van der Waals surface area contributed by atoms with Gasteiger partial charge in [0.25, 0.3) is 0 Å². The summed E-state index contributed by atoms with van der Waals surface area (Å²) in [7, 11) is 1.81. The molecular formula is C19H33NO. The van der Waals surface area contributed by atoms with Crippen molar-refractivity contribution in [3.05, 3.63) is 35.4 Å². The van der Waals surface area contributed by atoms with Crippen molar-refractivity contribution < 1.29 is 4.74 Å². The molecule has 0 amide bonds. The summed E-state index contributed by atoms with van der Waals surface area (Å²) in [5.41, 5.74) is 2.87. The Labute approximate surface area is 131 Å². The van der Waals surface area contributed by atoms with Crippen LogP contribution < -0.4 is 5.32 Å². The predicted molar refractivity (Wildman–Crippen MR) is 91.9 cm³/mol. The van der Waals surface area contributed by atoms with Gasteiger partial charge in [0.2, 0.25) is 0 Å². The van der Waals surface area contributed by atoms with E-state index in [-0.39, 0.29) is 5.60 Å². The molecular weight excluding hydrogens is 258 g/mol. The van der Waals surface area contributed by atoms with Crippen molar-refractivity contribution in [2.75, 3.05) is 20.2 Å². The fraction of sp³-hybridized carbons (Fsp3) is 0.684. The highest BCUT2D eigenvalue weighted by molar-refractivity contribution is 5.25. The van der Waals surface area contributed by atoms with Gasteiger partial charge in [-0.25, -0.2) is 0 Å². The highest BCUT2D eigenvalue weighted by Crippen LogP contribution is 2.22. The zero-order valence-corrected chi connectivity index (χ0v) is 14.5. The molecule has 0 saturated heterocycles. The van der Waals surface area contributed by atoms with Gasteiger partial charge in [0.15, 0.2) is 0 Å². The third kappa shape index (κ3) is 7.10. The lowest BCUT2D eigenvalue weighted by Gasteiger charge is -2.26. The van der Waals surface area contributed by atoms with E-state index in [1.807, 2.05) is 7.11 Å². The predicted octanol–water partition coefficient (Wildman–Crippen LogP) is 4.36. The van der Waals surface area contributed by atoms with Gasteiger partial charge in [-0.15, -0.1) is 0 Å². The second-order valence-corrected chi connectivity index (χ2v) is 6.70. The molecule has 21 heavy (non-hydrogen) atoms. The summed E-state index contributed by atoms with van der Waals surface area (Å²) in [4.78, 5) is 0. The van der Waals surface area contributed by atoms with E-state index in [1.165, 1.54) is 24.0 Å². The molecule has 0 aliphatic heterocycles. The van der Waals surface area contributed by atoms with E-state index >= 15 is 0 Å². The number of ether oxygens (including phenoxy) is 1. The molecule has 120 valence electrons. The van der Waals surface area contributed by atoms with Crippen LogP contribution in [0, 0.1) is 12.8 Å². The normalized spacial score (nSPS) is 13.4. The molecule has 0 fully saturated rings. The quantitative estimate of drug-likeness (QED) is 0.647. The van der Waals surface area contributed by atoms with E-state index in [1.54, 1.807) is 0 Å². The van der Waals surface area contributed by atoms with Crippen LogP contribution in [0.1, 0.15) is 51.2 Å². The number of nitrogens with one attached hydrogen (secondary N) is 1. The molecule has 1 atom stereocenters. The lowest BCUT2D eigenvalue weighted by Crippen LogP contribution is -2.29. The molecule has 1 aromatic rings. The molecule has 0 aromatic heterocycles. The van der Waals surface area contributed by atoms with Crippen molar-refractivity contribution in [1.82, 2.24) is 5.32 Å². The lowest BCUT2D eigenvalue weighted by molar-refractivity contribution is 0.0103. The molecule has 0 aliphatic rings. The summed E-state index contributed by atoms with van der Waals surface area (Å²) < 4.78 is 5.57. The lowest BCUT2D eigenvalue weighted by atomic mass is 9.89. The van der Waals surface area contributed by atoms with Crippen LogP contribution in [0.3, 0.4) is 0 Å². The van der Waals surface area contributed by atoms with Crippen molar-refractivity contribution in [3.63, 3.8) is 0 Å². The second-order valence-electron chi connectivity index (χ2n) is 6.70. The van der Waals surface area contributed by atoms with Crippen LogP contribution in [0.4, 0.5) is 0 Å². The van der Waals surface area contributed by atoms with Gasteiger partial charge in [-0.05, 0) is 76.6 Å². The Morgan fingerprint density at radius 1 is 1.24 bits per heavy atom. The van der Waals surface area contributed by atoms with Gasteiger partial charge >= 0.3 is 0 Å². The first-order valence-electron chi connectivity index (χ1n) is 8.29. The van der Waals surface area contributed by atoms with Crippen LogP contribution in [0.2, 0.25) is 0 Å². The molecule has 1 rings (SSSR count). The molecule has 0 radical (unpaired) electrons. The Kier molecular flexibility index (Phi) is 7.98. The Bertz CT molecular complexity index is 400. The van der Waals surface area contributed by atoms with Gasteiger partial charge in [-0.2, -0.15) is 0 Å². The van der Waals surface area contributed by atoms with Crippen LogP contribution in [-0.4, -0.2) is 25.8 Å². The largest absolute Gasteiger partial charge is 0.379 e. The third-order valence-electron chi connectivity index (χ3n) is 4.34. The maximum absolute atomic E-state index is 5.57. The Morgan fingerprint density at radius 2 is 1.95 bits per heavy atom. The second kappa shape index (κ2) is 9.22. The maximum atomic E-state index is 5.57. The number of hydrogen-bond donors (Lipinski definition) is 1. The minimum absolute atomic E-state index is 0.0191. The number of hydrogen-bond acceptors (Lipinski definition) is 2. The number of benzene rings is 1. The fourth-order valence-corrected chi connectivity index (χ4v) is 2.56. The van der Waals surface area contributed by atoms with E-state index in [0.717, 1.165) is 25.9 Å². The first-order chi connectivity index (χ1) is 9.98. The van der Waals surface area contributed by atoms with Gasteiger partial charge in [0.05, 0.1) is 5.60 Å². The summed E-state index contributed by atoms with van der Waals surface area (Å²) in [6.07, 6.45) is 4.66. The molecule has 1 N–H and O–H groups in total. The molecule has 2 nitrogen and oxygen atoms in total. The van der Waals surface area contributed by atoms with Crippen LogP contribution in [-0.2, 0) is 11.2 Å². The molecule has 0 spiro atoms. The van der Waals surface area contributed by atoms with Crippen molar-refractivity contribution in [2.24, 2.45) is 5.92 Å². The Morgan fingerprint density at radius 3 is 2.57 bits per heavy atom. The van der Waals surface area contributed by atoms with Crippen LogP contribution in [0.15, 0.2) is 24.3 Å². The smallest absolute Gasteiger partial charge is 0.0622 e. The van der Waals surface area contributed by atoms with Crippen LogP contribution in [0.5, 0.6) is 0 Å². The number of rotatable bonds is 10. The highest BCUT2D eigenvalue weighted by atomic mass is 16.5. The molecule has 0 saturated carbocycles. The Hall–Kier alpha value is -0.860. The molecule has 0 bridgehead atoms. The summed E-state index contributed by atoms with van der Waals surface area (Å²) in [5, 5.41) is 3.59. The number of aryl methyl sites for hydroxylation is 1. The minimum atomic E-state index is -0.0191. The fourth-order valence-electron chi connectivity index (χ4n) is 2.56. The molecule has 1 unspecified atom stereocenters. The van der Waals surface area contributed by atoms with Crippen LogP contribution in [0.25, 0.3) is 0 Å².